The van der Waals surface area contributed by atoms with E-state index in [4.69, 9.17) is 0 Å². The van der Waals surface area contributed by atoms with Crippen molar-refractivity contribution in [1.82, 2.24) is 9.62 Å². The highest BCUT2D eigenvalue weighted by Crippen LogP contribution is 2.45. The number of rotatable bonds is 5. The van der Waals surface area contributed by atoms with Crippen LogP contribution in [0.4, 0.5) is 0 Å². The molecule has 158 valence electrons. The van der Waals surface area contributed by atoms with E-state index < -0.39 is 10.0 Å². The minimum atomic E-state index is -3.48. The van der Waals surface area contributed by atoms with Crippen LogP contribution >= 0.6 is 0 Å². The van der Waals surface area contributed by atoms with Crippen molar-refractivity contribution >= 4 is 22.2 Å². The molecular weight excluding hydrogens is 404 g/mol. The van der Waals surface area contributed by atoms with Gasteiger partial charge >= 0.3 is 0 Å². The summed E-state index contributed by atoms with van der Waals surface area (Å²) < 4.78 is 28.3. The van der Waals surface area contributed by atoms with E-state index in [0.717, 1.165) is 11.1 Å². The van der Waals surface area contributed by atoms with E-state index in [1.807, 2.05) is 37.3 Å². The average Bonchev–Trinajstić information content (AvgIpc) is 2.80. The number of hydrogen-bond donors (Lipinski definition) is 1. The van der Waals surface area contributed by atoms with Crippen molar-refractivity contribution < 1.29 is 8.42 Å². The lowest BCUT2D eigenvalue weighted by molar-refractivity contribution is 0.0370. The lowest BCUT2D eigenvalue weighted by Crippen LogP contribution is -2.73. The predicted molar refractivity (Wildman–Crippen MR) is 125 cm³/mol. The second kappa shape index (κ2) is 8.08. The number of benzene rings is 3. The van der Waals surface area contributed by atoms with E-state index in [9.17, 15) is 8.42 Å². The van der Waals surface area contributed by atoms with Crippen LogP contribution in [0.3, 0.4) is 0 Å². The molecule has 2 bridgehead atoms. The standard InChI is InChI=1S/C26H26N2O2S/c1-19-7-15-23(16-8-19)31(29,30)28-24-17-27-18-25(28)26(24)22-13-11-21(12-14-22)10-9-20-5-3-2-4-6-20/h2-16,24-27H,17-18H2,1H3/b10-9+/t24-,25+,26?. The summed E-state index contributed by atoms with van der Waals surface area (Å²) in [6.07, 6.45) is 4.21. The molecule has 2 aliphatic rings. The van der Waals surface area contributed by atoms with Gasteiger partial charge in [-0.25, -0.2) is 8.42 Å². The number of hydrogen-bond acceptors (Lipinski definition) is 3. The molecular formula is C26H26N2O2S. The maximum absolute atomic E-state index is 13.3. The first-order valence-electron chi connectivity index (χ1n) is 10.7. The summed E-state index contributed by atoms with van der Waals surface area (Å²) in [5.74, 6) is 0.230. The molecule has 2 fully saturated rings. The molecule has 3 aromatic carbocycles. The molecule has 5 heteroatoms. The fourth-order valence-electron chi connectivity index (χ4n) is 4.75. The number of fused-ring (bicyclic) bond motifs is 2. The minimum Gasteiger partial charge on any atom is -0.313 e. The molecule has 2 heterocycles. The van der Waals surface area contributed by atoms with Crippen LogP contribution < -0.4 is 5.32 Å². The van der Waals surface area contributed by atoms with Gasteiger partial charge in [-0.3, -0.25) is 0 Å². The molecule has 2 saturated heterocycles. The lowest BCUT2D eigenvalue weighted by Gasteiger charge is -2.57. The maximum atomic E-state index is 13.3. The number of nitrogens with one attached hydrogen (secondary N) is 1. The summed E-state index contributed by atoms with van der Waals surface area (Å²) >= 11 is 0. The van der Waals surface area contributed by atoms with Crippen molar-refractivity contribution in [3.05, 3.63) is 101 Å². The summed E-state index contributed by atoms with van der Waals surface area (Å²) in [4.78, 5) is 0.384. The number of piperazine rings is 1. The second-order valence-electron chi connectivity index (χ2n) is 8.38. The zero-order valence-electron chi connectivity index (χ0n) is 17.5. The Morgan fingerprint density at radius 3 is 2.00 bits per heavy atom. The van der Waals surface area contributed by atoms with Crippen molar-refractivity contribution in [2.75, 3.05) is 13.1 Å². The Labute approximate surface area is 184 Å². The molecule has 0 radical (unpaired) electrons. The Kier molecular flexibility index (Phi) is 5.26. The fourth-order valence-corrected chi connectivity index (χ4v) is 6.60. The number of aryl methyl sites for hydroxylation is 1. The number of nitrogens with zero attached hydrogens (tertiary/aromatic N) is 1. The Balaban J connectivity index is 1.35. The minimum absolute atomic E-state index is 0.0456. The van der Waals surface area contributed by atoms with E-state index in [1.165, 1.54) is 11.1 Å². The van der Waals surface area contributed by atoms with E-state index in [0.29, 0.717) is 18.0 Å². The summed E-state index contributed by atoms with van der Waals surface area (Å²) in [5, 5.41) is 3.38. The molecule has 1 N–H and O–H groups in total. The maximum Gasteiger partial charge on any atom is 0.243 e. The first-order chi connectivity index (χ1) is 15.0. The monoisotopic (exact) mass is 430 g/mol. The van der Waals surface area contributed by atoms with E-state index >= 15 is 0 Å². The van der Waals surface area contributed by atoms with Gasteiger partial charge in [0.15, 0.2) is 0 Å². The number of sulfonamides is 1. The molecule has 0 amide bonds. The lowest BCUT2D eigenvalue weighted by atomic mass is 9.75. The van der Waals surface area contributed by atoms with Crippen LogP contribution in [-0.4, -0.2) is 37.9 Å². The zero-order chi connectivity index (χ0) is 21.4. The smallest absolute Gasteiger partial charge is 0.243 e. The summed E-state index contributed by atoms with van der Waals surface area (Å²) in [7, 11) is -3.48. The van der Waals surface area contributed by atoms with Gasteiger partial charge in [-0.1, -0.05) is 84.4 Å². The van der Waals surface area contributed by atoms with Gasteiger partial charge in [0.1, 0.15) is 0 Å². The van der Waals surface area contributed by atoms with Gasteiger partial charge in [-0.15, -0.1) is 0 Å². The second-order valence-corrected chi connectivity index (χ2v) is 10.2. The van der Waals surface area contributed by atoms with Crippen LogP contribution in [0.2, 0.25) is 0 Å². The van der Waals surface area contributed by atoms with Gasteiger partial charge < -0.3 is 5.32 Å². The molecule has 5 rings (SSSR count). The van der Waals surface area contributed by atoms with Crippen LogP contribution in [0, 0.1) is 6.92 Å². The van der Waals surface area contributed by atoms with Crippen LogP contribution in [0.25, 0.3) is 12.2 Å². The van der Waals surface area contributed by atoms with Crippen molar-refractivity contribution in [1.29, 1.82) is 0 Å². The molecule has 4 nitrogen and oxygen atoms in total. The van der Waals surface area contributed by atoms with E-state index in [1.54, 1.807) is 16.4 Å². The SMILES string of the molecule is Cc1ccc(S(=O)(=O)N2[C@@H]3CNC[C@H]2C3c2ccc(/C=C/c3ccccc3)cc2)cc1. The third kappa shape index (κ3) is 3.74. The van der Waals surface area contributed by atoms with Gasteiger partial charge in [0, 0.05) is 31.1 Å². The molecule has 0 aromatic heterocycles. The Hall–Kier alpha value is -2.73. The quantitative estimate of drug-likeness (QED) is 0.614. The van der Waals surface area contributed by atoms with Gasteiger partial charge in [0.05, 0.1) is 4.90 Å². The van der Waals surface area contributed by atoms with Crippen LogP contribution in [0.15, 0.2) is 83.8 Å². The molecule has 1 unspecified atom stereocenters. The highest BCUT2D eigenvalue weighted by Gasteiger charge is 2.56. The molecule has 3 aromatic rings. The van der Waals surface area contributed by atoms with E-state index in [2.05, 4.69) is 53.9 Å². The van der Waals surface area contributed by atoms with Gasteiger partial charge in [0.25, 0.3) is 0 Å². The average molecular weight is 431 g/mol. The third-order valence-electron chi connectivity index (χ3n) is 6.38. The van der Waals surface area contributed by atoms with Gasteiger partial charge in [-0.2, -0.15) is 4.31 Å². The Bertz CT molecular complexity index is 1170. The molecule has 0 aliphatic carbocycles. The van der Waals surface area contributed by atoms with Crippen LogP contribution in [0.5, 0.6) is 0 Å². The van der Waals surface area contributed by atoms with Crippen molar-refractivity contribution in [3.63, 3.8) is 0 Å². The Morgan fingerprint density at radius 2 is 1.39 bits per heavy atom. The van der Waals surface area contributed by atoms with Crippen molar-refractivity contribution in [2.24, 2.45) is 0 Å². The van der Waals surface area contributed by atoms with Crippen molar-refractivity contribution in [2.45, 2.75) is 29.8 Å². The third-order valence-corrected chi connectivity index (χ3v) is 8.34. The molecule has 0 spiro atoms. The molecule has 0 saturated carbocycles. The van der Waals surface area contributed by atoms with Gasteiger partial charge in [-0.05, 0) is 35.7 Å². The predicted octanol–water partition coefficient (Wildman–Crippen LogP) is 4.29. The summed E-state index contributed by atoms with van der Waals surface area (Å²) in [5.41, 5.74) is 4.58. The highest BCUT2D eigenvalue weighted by atomic mass is 32.2. The zero-order valence-corrected chi connectivity index (χ0v) is 18.3. The number of piperidine rings is 1. The van der Waals surface area contributed by atoms with Gasteiger partial charge in [0.2, 0.25) is 10.0 Å². The first kappa shape index (κ1) is 20.2. The normalized spacial score (nSPS) is 23.6. The molecule has 31 heavy (non-hydrogen) atoms. The van der Waals surface area contributed by atoms with Crippen LogP contribution in [0.1, 0.15) is 28.2 Å². The fraction of sp³-hybridized carbons (Fsp3) is 0.231. The first-order valence-corrected chi connectivity index (χ1v) is 12.1. The Morgan fingerprint density at radius 1 is 0.806 bits per heavy atom. The molecule has 3 atom stereocenters. The van der Waals surface area contributed by atoms with Crippen molar-refractivity contribution in [3.8, 4) is 0 Å². The summed E-state index contributed by atoms with van der Waals surface area (Å²) in [6, 6.07) is 25.8. The highest BCUT2D eigenvalue weighted by molar-refractivity contribution is 7.89. The summed E-state index contributed by atoms with van der Waals surface area (Å²) in [6.45, 7) is 3.33. The largest absolute Gasteiger partial charge is 0.313 e. The van der Waals surface area contributed by atoms with E-state index in [-0.39, 0.29) is 18.0 Å². The molecule has 2 aliphatic heterocycles. The topological polar surface area (TPSA) is 49.4 Å². The van der Waals surface area contributed by atoms with Crippen LogP contribution in [-0.2, 0) is 10.0 Å².